The first-order valence-electron chi connectivity index (χ1n) is 9.32. The molecule has 0 aliphatic carbocycles. The first-order valence-corrected chi connectivity index (χ1v) is 9.32. The maximum absolute atomic E-state index is 13.3. The summed E-state index contributed by atoms with van der Waals surface area (Å²) < 4.78 is 6.02. The van der Waals surface area contributed by atoms with Crippen LogP contribution in [0.4, 0.5) is 11.4 Å². The van der Waals surface area contributed by atoms with Gasteiger partial charge in [-0.3, -0.25) is 9.69 Å². The molecule has 4 aromatic carbocycles. The van der Waals surface area contributed by atoms with Gasteiger partial charge in [0.1, 0.15) is 5.75 Å². The van der Waals surface area contributed by atoms with Crippen molar-refractivity contribution in [3.63, 3.8) is 0 Å². The Morgan fingerprint density at radius 3 is 1.86 bits per heavy atom. The second-order valence-corrected chi connectivity index (χ2v) is 6.61. The highest BCUT2D eigenvalue weighted by Crippen LogP contribution is 2.27. The SMILES string of the molecule is CC(Oc1ccc2ccccc2c1)C(=O)N(c1ccccc1)c1ccccc1. The normalized spacial score (nSPS) is 11.8. The lowest BCUT2D eigenvalue weighted by molar-refractivity contribution is -0.123. The molecule has 0 aliphatic heterocycles. The van der Waals surface area contributed by atoms with Crippen LogP contribution in [0.15, 0.2) is 103 Å². The third-order valence-corrected chi connectivity index (χ3v) is 4.63. The molecule has 1 amide bonds. The van der Waals surface area contributed by atoms with Gasteiger partial charge >= 0.3 is 0 Å². The number of nitrogens with zero attached hydrogens (tertiary/aromatic N) is 1. The maximum atomic E-state index is 13.3. The summed E-state index contributed by atoms with van der Waals surface area (Å²) in [4.78, 5) is 15.0. The van der Waals surface area contributed by atoms with Crippen molar-refractivity contribution < 1.29 is 9.53 Å². The van der Waals surface area contributed by atoms with Gasteiger partial charge in [0.2, 0.25) is 0 Å². The summed E-state index contributed by atoms with van der Waals surface area (Å²) in [5.74, 6) is 0.561. The summed E-state index contributed by atoms with van der Waals surface area (Å²) in [6, 6.07) is 33.2. The summed E-state index contributed by atoms with van der Waals surface area (Å²) in [5, 5.41) is 2.23. The van der Waals surface area contributed by atoms with Crippen LogP contribution in [0, 0.1) is 0 Å². The summed E-state index contributed by atoms with van der Waals surface area (Å²) in [6.45, 7) is 1.79. The van der Waals surface area contributed by atoms with E-state index >= 15 is 0 Å². The Morgan fingerprint density at radius 2 is 1.25 bits per heavy atom. The second kappa shape index (κ2) is 7.97. The average Bonchev–Trinajstić information content (AvgIpc) is 2.75. The van der Waals surface area contributed by atoms with Gasteiger partial charge in [-0.1, -0.05) is 66.7 Å². The van der Waals surface area contributed by atoms with E-state index < -0.39 is 6.10 Å². The van der Waals surface area contributed by atoms with Crippen LogP contribution in [-0.4, -0.2) is 12.0 Å². The lowest BCUT2D eigenvalue weighted by atomic mass is 10.1. The van der Waals surface area contributed by atoms with Gasteiger partial charge in [-0.2, -0.15) is 0 Å². The van der Waals surface area contributed by atoms with E-state index in [2.05, 4.69) is 6.07 Å². The quantitative estimate of drug-likeness (QED) is 0.435. The predicted octanol–water partition coefficient (Wildman–Crippen LogP) is 5.97. The van der Waals surface area contributed by atoms with Crippen LogP contribution in [0.1, 0.15) is 6.92 Å². The molecule has 0 aliphatic rings. The number of ether oxygens (including phenoxy) is 1. The zero-order valence-corrected chi connectivity index (χ0v) is 15.7. The van der Waals surface area contributed by atoms with Crippen molar-refractivity contribution >= 4 is 28.1 Å². The Morgan fingerprint density at radius 1 is 0.714 bits per heavy atom. The fourth-order valence-corrected chi connectivity index (χ4v) is 3.23. The van der Waals surface area contributed by atoms with Gasteiger partial charge in [0.15, 0.2) is 6.10 Å². The van der Waals surface area contributed by atoms with Crippen molar-refractivity contribution in [3.8, 4) is 5.75 Å². The molecule has 0 saturated heterocycles. The number of fused-ring (bicyclic) bond motifs is 1. The monoisotopic (exact) mass is 367 g/mol. The highest BCUT2D eigenvalue weighted by atomic mass is 16.5. The summed E-state index contributed by atoms with van der Waals surface area (Å²) in [6.07, 6.45) is -0.637. The fourth-order valence-electron chi connectivity index (χ4n) is 3.23. The standard InChI is InChI=1S/C25H21NO2/c1-19(28-24-17-16-20-10-8-9-11-21(20)18-24)25(27)26(22-12-4-2-5-13-22)23-14-6-3-7-15-23/h2-19H,1H3. The van der Waals surface area contributed by atoms with E-state index in [0.717, 1.165) is 22.1 Å². The Kier molecular flexibility index (Phi) is 5.07. The van der Waals surface area contributed by atoms with Crippen LogP contribution in [0.25, 0.3) is 10.8 Å². The average molecular weight is 367 g/mol. The smallest absolute Gasteiger partial charge is 0.272 e. The van der Waals surface area contributed by atoms with Crippen LogP contribution in [0.3, 0.4) is 0 Å². The van der Waals surface area contributed by atoms with Crippen LogP contribution in [0.2, 0.25) is 0 Å². The molecule has 1 unspecified atom stereocenters. The van der Waals surface area contributed by atoms with E-state index in [1.807, 2.05) is 97.1 Å². The second-order valence-electron chi connectivity index (χ2n) is 6.61. The molecule has 138 valence electrons. The van der Waals surface area contributed by atoms with Gasteiger partial charge < -0.3 is 4.74 Å². The van der Waals surface area contributed by atoms with Crippen molar-refractivity contribution in [2.24, 2.45) is 0 Å². The van der Waals surface area contributed by atoms with E-state index in [1.54, 1.807) is 11.8 Å². The number of hydrogen-bond donors (Lipinski definition) is 0. The Balaban J connectivity index is 1.62. The number of benzene rings is 4. The largest absolute Gasteiger partial charge is 0.481 e. The van der Waals surface area contributed by atoms with Gasteiger partial charge in [0.25, 0.3) is 5.91 Å². The lowest BCUT2D eigenvalue weighted by Gasteiger charge is -2.26. The number of carbonyl (C=O) groups excluding carboxylic acids is 1. The van der Waals surface area contributed by atoms with Crippen molar-refractivity contribution in [1.82, 2.24) is 0 Å². The molecule has 0 aromatic heterocycles. The molecule has 4 aromatic rings. The molecule has 0 saturated carbocycles. The van der Waals surface area contributed by atoms with Gasteiger partial charge in [-0.05, 0) is 54.1 Å². The number of para-hydroxylation sites is 2. The number of hydrogen-bond acceptors (Lipinski definition) is 2. The van der Waals surface area contributed by atoms with Gasteiger partial charge in [0.05, 0.1) is 0 Å². The van der Waals surface area contributed by atoms with Crippen molar-refractivity contribution in [1.29, 1.82) is 0 Å². The van der Waals surface area contributed by atoms with E-state index in [0.29, 0.717) is 5.75 Å². The minimum absolute atomic E-state index is 0.120. The third-order valence-electron chi connectivity index (χ3n) is 4.63. The van der Waals surface area contributed by atoms with Crippen LogP contribution in [-0.2, 0) is 4.79 Å². The van der Waals surface area contributed by atoms with Crippen LogP contribution in [0.5, 0.6) is 5.75 Å². The highest BCUT2D eigenvalue weighted by molar-refractivity contribution is 6.03. The number of amides is 1. The molecule has 0 fully saturated rings. The van der Waals surface area contributed by atoms with Gasteiger partial charge in [0, 0.05) is 11.4 Å². The number of carbonyl (C=O) groups is 1. The molecule has 0 heterocycles. The Labute approximate surface area is 164 Å². The predicted molar refractivity (Wildman–Crippen MR) is 114 cm³/mol. The first-order chi connectivity index (χ1) is 13.7. The van der Waals surface area contributed by atoms with E-state index in [9.17, 15) is 4.79 Å². The minimum Gasteiger partial charge on any atom is -0.481 e. The van der Waals surface area contributed by atoms with Crippen molar-refractivity contribution in [2.45, 2.75) is 13.0 Å². The maximum Gasteiger partial charge on any atom is 0.272 e. The fraction of sp³-hybridized carbons (Fsp3) is 0.0800. The first kappa shape index (κ1) is 17.8. The zero-order valence-electron chi connectivity index (χ0n) is 15.7. The molecule has 3 heteroatoms. The molecular formula is C25H21NO2. The molecule has 4 rings (SSSR count). The molecule has 0 bridgehead atoms. The van der Waals surface area contributed by atoms with Crippen molar-refractivity contribution in [3.05, 3.63) is 103 Å². The molecule has 0 N–H and O–H groups in total. The van der Waals surface area contributed by atoms with E-state index in [1.165, 1.54) is 0 Å². The molecule has 0 spiro atoms. The Bertz CT molecular complexity index is 1040. The van der Waals surface area contributed by atoms with Crippen LogP contribution < -0.4 is 9.64 Å². The Hall–Kier alpha value is -3.59. The summed E-state index contributed by atoms with van der Waals surface area (Å²) >= 11 is 0. The van der Waals surface area contributed by atoms with E-state index in [4.69, 9.17) is 4.74 Å². The lowest BCUT2D eigenvalue weighted by Crippen LogP contribution is -2.37. The van der Waals surface area contributed by atoms with E-state index in [-0.39, 0.29) is 5.91 Å². The molecule has 1 atom stereocenters. The van der Waals surface area contributed by atoms with Crippen molar-refractivity contribution in [2.75, 3.05) is 4.90 Å². The molecule has 28 heavy (non-hydrogen) atoms. The molecule has 3 nitrogen and oxygen atoms in total. The third kappa shape index (κ3) is 3.74. The van der Waals surface area contributed by atoms with Crippen LogP contribution >= 0.6 is 0 Å². The number of rotatable bonds is 5. The summed E-state index contributed by atoms with van der Waals surface area (Å²) in [5.41, 5.74) is 1.63. The highest BCUT2D eigenvalue weighted by Gasteiger charge is 2.25. The molecule has 0 radical (unpaired) electrons. The van der Waals surface area contributed by atoms with Gasteiger partial charge in [-0.15, -0.1) is 0 Å². The zero-order chi connectivity index (χ0) is 19.3. The summed E-state index contributed by atoms with van der Waals surface area (Å²) in [7, 11) is 0. The topological polar surface area (TPSA) is 29.5 Å². The minimum atomic E-state index is -0.637. The molecular weight excluding hydrogens is 346 g/mol. The number of anilines is 2. The van der Waals surface area contributed by atoms with Gasteiger partial charge in [-0.25, -0.2) is 0 Å².